The van der Waals surface area contributed by atoms with Crippen molar-refractivity contribution in [3.05, 3.63) is 54.1 Å². The Morgan fingerprint density at radius 3 is 2.84 bits per heavy atom. The number of hydrogen-bond donors (Lipinski definition) is 3. The van der Waals surface area contributed by atoms with E-state index in [1.165, 1.54) is 12.1 Å². The average molecular weight is 253 g/mol. The van der Waals surface area contributed by atoms with Crippen LogP contribution in [0.1, 0.15) is 10.4 Å². The number of aromatic amines is 1. The zero-order chi connectivity index (χ0) is 13.2. The van der Waals surface area contributed by atoms with Crippen molar-refractivity contribution in [1.29, 1.82) is 0 Å². The molecule has 3 rings (SSSR count). The highest BCUT2D eigenvalue weighted by Crippen LogP contribution is 2.20. The second-order valence-electron chi connectivity index (χ2n) is 4.12. The largest absolute Gasteiger partial charge is 0.508 e. The Bertz CT molecular complexity index is 749. The first-order chi connectivity index (χ1) is 9.24. The van der Waals surface area contributed by atoms with Crippen molar-refractivity contribution in [2.45, 2.75) is 0 Å². The smallest absolute Gasteiger partial charge is 0.257 e. The molecule has 0 saturated heterocycles. The normalized spacial score (nSPS) is 10.5. The number of anilines is 1. The second kappa shape index (κ2) is 4.45. The van der Waals surface area contributed by atoms with Gasteiger partial charge in [-0.05, 0) is 30.3 Å². The van der Waals surface area contributed by atoms with Gasteiger partial charge in [0.1, 0.15) is 5.75 Å². The molecule has 5 heteroatoms. The minimum Gasteiger partial charge on any atom is -0.508 e. The Balaban J connectivity index is 1.91. The number of carbonyl (C=O) groups excluding carboxylic acids is 1. The highest BCUT2D eigenvalue weighted by atomic mass is 16.3. The van der Waals surface area contributed by atoms with Crippen molar-refractivity contribution >= 4 is 22.6 Å². The van der Waals surface area contributed by atoms with Crippen LogP contribution in [-0.2, 0) is 0 Å². The molecular formula is C14H11N3O2. The van der Waals surface area contributed by atoms with Gasteiger partial charge in [0.15, 0.2) is 5.82 Å². The Labute approximate surface area is 108 Å². The molecule has 0 radical (unpaired) electrons. The fourth-order valence-electron chi connectivity index (χ4n) is 1.89. The lowest BCUT2D eigenvalue weighted by molar-refractivity contribution is 0.102. The highest BCUT2D eigenvalue weighted by molar-refractivity contribution is 6.07. The zero-order valence-electron chi connectivity index (χ0n) is 9.92. The van der Waals surface area contributed by atoms with Crippen molar-refractivity contribution in [2.75, 3.05) is 5.32 Å². The zero-order valence-corrected chi connectivity index (χ0v) is 9.92. The monoisotopic (exact) mass is 253 g/mol. The number of aromatic hydroxyl groups is 1. The topological polar surface area (TPSA) is 78.0 Å². The number of aromatic nitrogens is 2. The molecule has 3 aromatic rings. The summed E-state index contributed by atoms with van der Waals surface area (Å²) in [7, 11) is 0. The number of phenolic OH excluding ortho intramolecular Hbond substituents is 1. The van der Waals surface area contributed by atoms with Crippen LogP contribution in [0.25, 0.3) is 10.9 Å². The van der Waals surface area contributed by atoms with Crippen LogP contribution >= 0.6 is 0 Å². The summed E-state index contributed by atoms with van der Waals surface area (Å²) >= 11 is 0. The molecule has 94 valence electrons. The molecule has 0 fully saturated rings. The molecule has 0 aliphatic heterocycles. The Hall–Kier alpha value is -2.82. The van der Waals surface area contributed by atoms with E-state index in [-0.39, 0.29) is 11.7 Å². The van der Waals surface area contributed by atoms with E-state index in [1.807, 2.05) is 24.3 Å². The predicted molar refractivity (Wildman–Crippen MR) is 72.2 cm³/mol. The first kappa shape index (κ1) is 11.3. The van der Waals surface area contributed by atoms with Gasteiger partial charge < -0.3 is 10.4 Å². The summed E-state index contributed by atoms with van der Waals surface area (Å²) in [5, 5.41) is 19.8. The molecule has 2 aromatic carbocycles. The van der Waals surface area contributed by atoms with Crippen LogP contribution in [0.2, 0.25) is 0 Å². The van der Waals surface area contributed by atoms with E-state index in [0.29, 0.717) is 11.4 Å². The van der Waals surface area contributed by atoms with Gasteiger partial charge in [0, 0.05) is 10.9 Å². The molecule has 0 atom stereocenters. The van der Waals surface area contributed by atoms with Crippen LogP contribution in [0.4, 0.5) is 5.82 Å². The number of amides is 1. The third kappa shape index (κ3) is 2.13. The number of nitrogens with one attached hydrogen (secondary N) is 2. The summed E-state index contributed by atoms with van der Waals surface area (Å²) in [4.78, 5) is 12.0. The number of hydrogen-bond acceptors (Lipinski definition) is 3. The van der Waals surface area contributed by atoms with E-state index in [4.69, 9.17) is 0 Å². The predicted octanol–water partition coefficient (Wildman–Crippen LogP) is 2.52. The lowest BCUT2D eigenvalue weighted by Crippen LogP contribution is -2.12. The van der Waals surface area contributed by atoms with Gasteiger partial charge in [-0.2, -0.15) is 5.10 Å². The molecule has 3 N–H and O–H groups in total. The standard InChI is InChI=1S/C14H11N3O2/c18-10-5-3-4-9(8-10)14(19)15-13-11-6-1-2-7-12(11)16-17-13/h1-8,18H,(H2,15,16,17,19). The van der Waals surface area contributed by atoms with Gasteiger partial charge in [0.2, 0.25) is 0 Å². The maximum atomic E-state index is 12.0. The Kier molecular flexibility index (Phi) is 2.64. The Morgan fingerprint density at radius 2 is 2.00 bits per heavy atom. The number of nitrogens with zero attached hydrogens (tertiary/aromatic N) is 1. The average Bonchev–Trinajstić information content (AvgIpc) is 2.82. The maximum absolute atomic E-state index is 12.0. The van der Waals surface area contributed by atoms with E-state index in [1.54, 1.807) is 12.1 Å². The third-order valence-electron chi connectivity index (χ3n) is 2.81. The van der Waals surface area contributed by atoms with Crippen molar-refractivity contribution < 1.29 is 9.90 Å². The van der Waals surface area contributed by atoms with Crippen molar-refractivity contribution in [2.24, 2.45) is 0 Å². The summed E-state index contributed by atoms with van der Waals surface area (Å²) < 4.78 is 0. The van der Waals surface area contributed by atoms with Gasteiger partial charge in [-0.25, -0.2) is 0 Å². The number of fused-ring (bicyclic) bond motifs is 1. The molecule has 0 spiro atoms. The number of carbonyl (C=O) groups is 1. The molecule has 1 amide bonds. The summed E-state index contributed by atoms with van der Waals surface area (Å²) in [6.45, 7) is 0. The molecule has 0 unspecified atom stereocenters. The summed E-state index contributed by atoms with van der Waals surface area (Å²) in [5.74, 6) is 0.219. The van der Waals surface area contributed by atoms with Gasteiger partial charge in [0.05, 0.1) is 5.52 Å². The molecule has 19 heavy (non-hydrogen) atoms. The molecule has 0 aliphatic carbocycles. The summed E-state index contributed by atoms with van der Waals surface area (Å²) in [6.07, 6.45) is 0. The van der Waals surface area contributed by atoms with Crippen LogP contribution in [0, 0.1) is 0 Å². The SMILES string of the molecule is O=C(Nc1n[nH]c2ccccc12)c1cccc(O)c1. The fourth-order valence-corrected chi connectivity index (χ4v) is 1.89. The maximum Gasteiger partial charge on any atom is 0.257 e. The number of para-hydroxylation sites is 1. The molecule has 0 saturated carbocycles. The lowest BCUT2D eigenvalue weighted by Gasteiger charge is -2.03. The molecule has 5 nitrogen and oxygen atoms in total. The quantitative estimate of drug-likeness (QED) is 0.656. The van der Waals surface area contributed by atoms with Gasteiger partial charge in [-0.15, -0.1) is 0 Å². The minimum atomic E-state index is -0.312. The molecular weight excluding hydrogens is 242 g/mol. The van der Waals surface area contributed by atoms with E-state index in [2.05, 4.69) is 15.5 Å². The Morgan fingerprint density at radius 1 is 1.16 bits per heavy atom. The van der Waals surface area contributed by atoms with Crippen molar-refractivity contribution in [3.8, 4) is 5.75 Å². The number of H-pyrrole nitrogens is 1. The first-order valence-corrected chi connectivity index (χ1v) is 5.77. The van der Waals surface area contributed by atoms with Crippen LogP contribution in [0.5, 0.6) is 5.75 Å². The number of benzene rings is 2. The summed E-state index contributed by atoms with van der Waals surface area (Å²) in [6, 6.07) is 13.7. The van der Waals surface area contributed by atoms with E-state index in [9.17, 15) is 9.90 Å². The molecule has 0 aliphatic rings. The van der Waals surface area contributed by atoms with Crippen molar-refractivity contribution in [3.63, 3.8) is 0 Å². The number of phenols is 1. The molecule has 0 bridgehead atoms. The van der Waals surface area contributed by atoms with Crippen molar-refractivity contribution in [1.82, 2.24) is 10.2 Å². The van der Waals surface area contributed by atoms with Crippen LogP contribution in [-0.4, -0.2) is 21.2 Å². The highest BCUT2D eigenvalue weighted by Gasteiger charge is 2.11. The fraction of sp³-hybridized carbons (Fsp3) is 0. The van der Waals surface area contributed by atoms with Crippen LogP contribution < -0.4 is 5.32 Å². The van der Waals surface area contributed by atoms with E-state index < -0.39 is 0 Å². The number of rotatable bonds is 2. The van der Waals surface area contributed by atoms with Gasteiger partial charge >= 0.3 is 0 Å². The third-order valence-corrected chi connectivity index (χ3v) is 2.81. The minimum absolute atomic E-state index is 0.0551. The van der Waals surface area contributed by atoms with E-state index in [0.717, 1.165) is 10.9 Å². The first-order valence-electron chi connectivity index (χ1n) is 5.77. The second-order valence-corrected chi connectivity index (χ2v) is 4.12. The summed E-state index contributed by atoms with van der Waals surface area (Å²) in [5.41, 5.74) is 1.24. The van der Waals surface area contributed by atoms with Gasteiger partial charge in [0.25, 0.3) is 5.91 Å². The van der Waals surface area contributed by atoms with Gasteiger partial charge in [-0.3, -0.25) is 9.89 Å². The van der Waals surface area contributed by atoms with Crippen LogP contribution in [0.3, 0.4) is 0 Å². The van der Waals surface area contributed by atoms with Gasteiger partial charge in [-0.1, -0.05) is 18.2 Å². The molecule has 1 aromatic heterocycles. The van der Waals surface area contributed by atoms with E-state index >= 15 is 0 Å². The lowest BCUT2D eigenvalue weighted by atomic mass is 10.2. The van der Waals surface area contributed by atoms with Crippen LogP contribution in [0.15, 0.2) is 48.5 Å². The molecule has 1 heterocycles.